The zero-order chi connectivity index (χ0) is 13.0. The molecule has 2 unspecified atom stereocenters. The highest BCUT2D eigenvalue weighted by Gasteiger charge is 2.24. The van der Waals surface area contributed by atoms with Crippen LogP contribution < -0.4 is 5.32 Å². The molecular weight excluding hydrogens is 246 g/mol. The van der Waals surface area contributed by atoms with Gasteiger partial charge in [0.15, 0.2) is 0 Å². The molecule has 1 aliphatic rings. The fraction of sp³-hybridized carbons (Fsp3) is 0.769. The number of nitrogens with one attached hydrogen (secondary N) is 1. The lowest BCUT2D eigenvalue weighted by atomic mass is 10.1. The summed E-state index contributed by atoms with van der Waals surface area (Å²) in [4.78, 5) is 0. The highest BCUT2D eigenvalue weighted by molar-refractivity contribution is 7.99. The molecule has 0 bridgehead atoms. The molecule has 1 N–H and O–H groups in total. The van der Waals surface area contributed by atoms with Crippen LogP contribution in [0.1, 0.15) is 18.3 Å². The minimum Gasteiger partial charge on any atom is -0.375 e. The predicted molar refractivity (Wildman–Crippen MR) is 76.3 cm³/mol. The van der Waals surface area contributed by atoms with Crippen molar-refractivity contribution in [3.05, 3.63) is 17.5 Å². The second-order valence-electron chi connectivity index (χ2n) is 4.68. The number of thioether (sulfide) groups is 1. The van der Waals surface area contributed by atoms with Crippen molar-refractivity contribution in [1.29, 1.82) is 0 Å². The monoisotopic (exact) mass is 269 g/mol. The maximum Gasteiger partial charge on any atom is 0.0822 e. The molecule has 0 spiro atoms. The highest BCUT2D eigenvalue weighted by atomic mass is 32.2. The first-order valence-electron chi connectivity index (χ1n) is 6.64. The summed E-state index contributed by atoms with van der Waals surface area (Å²) in [6.07, 6.45) is 1.30. The first-order chi connectivity index (χ1) is 8.74. The van der Waals surface area contributed by atoms with E-state index < -0.39 is 0 Å². The van der Waals surface area contributed by atoms with Gasteiger partial charge in [0.25, 0.3) is 0 Å². The first-order valence-corrected chi connectivity index (χ1v) is 7.80. The van der Waals surface area contributed by atoms with Crippen LogP contribution in [-0.2, 0) is 17.7 Å². The Labute approximate surface area is 113 Å². The predicted octanol–water partition coefficient (Wildman–Crippen LogP) is 1.47. The minimum absolute atomic E-state index is 0.314. The number of hydrogen-bond donors (Lipinski definition) is 1. The van der Waals surface area contributed by atoms with Gasteiger partial charge >= 0.3 is 0 Å². The molecule has 2 atom stereocenters. The van der Waals surface area contributed by atoms with E-state index in [4.69, 9.17) is 4.74 Å². The first kappa shape index (κ1) is 13.9. The molecular formula is C13H23N3OS. The molecule has 0 radical (unpaired) electrons. The number of aryl methyl sites for hydroxylation is 2. The van der Waals surface area contributed by atoms with Crippen LogP contribution in [-0.4, -0.2) is 47.1 Å². The van der Waals surface area contributed by atoms with E-state index in [1.165, 1.54) is 5.69 Å². The van der Waals surface area contributed by atoms with Crippen molar-refractivity contribution in [2.24, 2.45) is 0 Å². The van der Waals surface area contributed by atoms with Crippen molar-refractivity contribution in [3.63, 3.8) is 0 Å². The molecule has 0 amide bonds. The summed E-state index contributed by atoms with van der Waals surface area (Å²) in [5.74, 6) is 2.21. The van der Waals surface area contributed by atoms with E-state index in [2.05, 4.69) is 35.0 Å². The van der Waals surface area contributed by atoms with E-state index in [0.29, 0.717) is 12.1 Å². The lowest BCUT2D eigenvalue weighted by molar-refractivity contribution is 0.0487. The van der Waals surface area contributed by atoms with Crippen molar-refractivity contribution < 1.29 is 4.74 Å². The number of aromatic nitrogens is 2. The van der Waals surface area contributed by atoms with Gasteiger partial charge in [-0.05, 0) is 27.0 Å². The Morgan fingerprint density at radius 1 is 1.67 bits per heavy atom. The van der Waals surface area contributed by atoms with E-state index in [-0.39, 0.29) is 0 Å². The Morgan fingerprint density at radius 3 is 3.11 bits per heavy atom. The van der Waals surface area contributed by atoms with Gasteiger partial charge in [-0.1, -0.05) is 0 Å². The van der Waals surface area contributed by atoms with Gasteiger partial charge in [-0.15, -0.1) is 0 Å². The van der Waals surface area contributed by atoms with E-state index in [1.54, 1.807) is 0 Å². The molecule has 1 aliphatic heterocycles. The van der Waals surface area contributed by atoms with Gasteiger partial charge in [-0.3, -0.25) is 4.68 Å². The molecule has 4 nitrogen and oxygen atoms in total. The number of nitrogens with zero attached hydrogens (tertiary/aromatic N) is 2. The summed E-state index contributed by atoms with van der Waals surface area (Å²) in [6.45, 7) is 5.99. The number of rotatable bonds is 5. The lowest BCUT2D eigenvalue weighted by Gasteiger charge is -2.30. The van der Waals surface area contributed by atoms with Crippen LogP contribution in [0.3, 0.4) is 0 Å². The summed E-state index contributed by atoms with van der Waals surface area (Å²) in [5, 5.41) is 7.91. The third kappa shape index (κ3) is 3.28. The SMILES string of the molecule is CCn1nc(C)cc1CC(NC)C1CSCCO1. The summed E-state index contributed by atoms with van der Waals surface area (Å²) < 4.78 is 7.96. The second kappa shape index (κ2) is 6.59. The van der Waals surface area contributed by atoms with Crippen LogP contribution in [0.15, 0.2) is 6.07 Å². The van der Waals surface area contributed by atoms with Crippen LogP contribution in [0.25, 0.3) is 0 Å². The van der Waals surface area contributed by atoms with Gasteiger partial charge in [0, 0.05) is 36.2 Å². The average molecular weight is 269 g/mol. The number of ether oxygens (including phenoxy) is 1. The van der Waals surface area contributed by atoms with Crippen LogP contribution in [0.4, 0.5) is 0 Å². The lowest BCUT2D eigenvalue weighted by Crippen LogP contribution is -2.45. The average Bonchev–Trinajstić information content (AvgIpc) is 2.77. The molecule has 1 fully saturated rings. The second-order valence-corrected chi connectivity index (χ2v) is 5.83. The Hall–Kier alpha value is -0.520. The molecule has 0 saturated carbocycles. The van der Waals surface area contributed by atoms with Crippen molar-refractivity contribution >= 4 is 11.8 Å². The molecule has 1 aromatic rings. The van der Waals surface area contributed by atoms with Crippen LogP contribution in [0, 0.1) is 6.92 Å². The molecule has 1 aromatic heterocycles. The van der Waals surface area contributed by atoms with Crippen molar-refractivity contribution in [2.45, 2.75) is 39.0 Å². The van der Waals surface area contributed by atoms with Gasteiger partial charge < -0.3 is 10.1 Å². The maximum absolute atomic E-state index is 5.87. The third-order valence-electron chi connectivity index (χ3n) is 3.38. The smallest absolute Gasteiger partial charge is 0.0822 e. The van der Waals surface area contributed by atoms with Crippen molar-refractivity contribution in [3.8, 4) is 0 Å². The highest BCUT2D eigenvalue weighted by Crippen LogP contribution is 2.18. The molecule has 18 heavy (non-hydrogen) atoms. The van der Waals surface area contributed by atoms with Crippen LogP contribution in [0.2, 0.25) is 0 Å². The summed E-state index contributed by atoms with van der Waals surface area (Å²) >= 11 is 1.99. The molecule has 1 saturated heterocycles. The van der Waals surface area contributed by atoms with Crippen molar-refractivity contribution in [1.82, 2.24) is 15.1 Å². The van der Waals surface area contributed by atoms with Crippen LogP contribution in [0.5, 0.6) is 0 Å². The van der Waals surface area contributed by atoms with E-state index in [9.17, 15) is 0 Å². The third-order valence-corrected chi connectivity index (χ3v) is 4.39. The van der Waals surface area contributed by atoms with E-state index >= 15 is 0 Å². The van der Waals surface area contributed by atoms with E-state index in [0.717, 1.165) is 36.8 Å². The Balaban J connectivity index is 2.04. The molecule has 2 heterocycles. The Kier molecular flexibility index (Phi) is 5.09. The van der Waals surface area contributed by atoms with Crippen LogP contribution >= 0.6 is 11.8 Å². The maximum atomic E-state index is 5.87. The molecule has 5 heteroatoms. The van der Waals surface area contributed by atoms with Gasteiger partial charge in [-0.25, -0.2) is 0 Å². The normalized spacial score (nSPS) is 22.1. The fourth-order valence-corrected chi connectivity index (χ4v) is 3.36. The van der Waals surface area contributed by atoms with Gasteiger partial charge in [0.05, 0.1) is 18.4 Å². The standard InChI is InChI=1S/C13H23N3OS/c1-4-16-11(7-10(2)15-16)8-12(14-3)13-9-18-6-5-17-13/h7,12-14H,4-6,8-9H2,1-3H3. The molecule has 102 valence electrons. The topological polar surface area (TPSA) is 39.1 Å². The summed E-state index contributed by atoms with van der Waals surface area (Å²) in [5.41, 5.74) is 2.40. The zero-order valence-corrected chi connectivity index (χ0v) is 12.3. The number of likely N-dealkylation sites (N-methyl/N-ethyl adjacent to an activating group) is 1. The molecule has 0 aliphatic carbocycles. The van der Waals surface area contributed by atoms with Gasteiger partial charge in [-0.2, -0.15) is 16.9 Å². The van der Waals surface area contributed by atoms with E-state index in [1.807, 2.05) is 18.8 Å². The van der Waals surface area contributed by atoms with Gasteiger partial charge in [0.2, 0.25) is 0 Å². The van der Waals surface area contributed by atoms with Crippen molar-refractivity contribution in [2.75, 3.05) is 25.2 Å². The molecule has 2 rings (SSSR count). The number of hydrogen-bond acceptors (Lipinski definition) is 4. The largest absolute Gasteiger partial charge is 0.375 e. The van der Waals surface area contributed by atoms with Gasteiger partial charge in [0.1, 0.15) is 0 Å². The summed E-state index contributed by atoms with van der Waals surface area (Å²) in [7, 11) is 2.02. The zero-order valence-electron chi connectivity index (χ0n) is 11.5. The Morgan fingerprint density at radius 2 is 2.50 bits per heavy atom. The summed E-state index contributed by atoms with van der Waals surface area (Å²) in [6, 6.07) is 2.56. The minimum atomic E-state index is 0.314. The Bertz CT molecular complexity index is 374. The fourth-order valence-electron chi connectivity index (χ4n) is 2.42. The molecule has 0 aromatic carbocycles. The quantitative estimate of drug-likeness (QED) is 0.879.